The van der Waals surface area contributed by atoms with E-state index >= 15 is 0 Å². The number of carbonyl (C=O) groups excluding carboxylic acids is 1. The van der Waals surface area contributed by atoms with Crippen LogP contribution in [-0.4, -0.2) is 38.7 Å². The van der Waals surface area contributed by atoms with Gasteiger partial charge >= 0.3 is 5.69 Å². The zero-order chi connectivity index (χ0) is 18.1. The van der Waals surface area contributed by atoms with Crippen LogP contribution in [0.15, 0.2) is 51.9 Å². The number of likely N-dealkylation sites (tertiary alicyclic amines) is 1. The van der Waals surface area contributed by atoms with E-state index in [4.69, 9.17) is 4.42 Å². The molecule has 0 spiro atoms. The first-order valence-corrected chi connectivity index (χ1v) is 8.70. The van der Waals surface area contributed by atoms with Gasteiger partial charge in [0.25, 0.3) is 5.91 Å². The summed E-state index contributed by atoms with van der Waals surface area (Å²) in [6.45, 7) is 3.23. The Labute approximate surface area is 150 Å². The third-order valence-electron chi connectivity index (χ3n) is 4.87. The summed E-state index contributed by atoms with van der Waals surface area (Å²) in [5.41, 5.74) is 1.70. The molecule has 2 aromatic heterocycles. The molecule has 0 atom stereocenters. The third-order valence-corrected chi connectivity index (χ3v) is 4.87. The molecule has 1 saturated heterocycles. The number of nitrogens with zero attached hydrogens (tertiary/aromatic N) is 3. The van der Waals surface area contributed by atoms with Crippen LogP contribution in [0.25, 0.3) is 5.69 Å². The predicted molar refractivity (Wildman–Crippen MR) is 95.5 cm³/mol. The second kappa shape index (κ2) is 6.67. The maximum atomic E-state index is 12.4. The normalized spacial score (nSPS) is 15.3. The molecule has 0 unspecified atom stereocenters. The lowest BCUT2D eigenvalue weighted by Gasteiger charge is -2.31. The van der Waals surface area contributed by atoms with Gasteiger partial charge in [-0.1, -0.05) is 17.7 Å². The van der Waals surface area contributed by atoms with Crippen molar-refractivity contribution in [3.8, 4) is 5.69 Å². The summed E-state index contributed by atoms with van der Waals surface area (Å²) in [5.74, 6) is 1.12. The highest BCUT2D eigenvalue weighted by Gasteiger charge is 2.29. The first-order chi connectivity index (χ1) is 12.6. The summed E-state index contributed by atoms with van der Waals surface area (Å²) in [5, 5.41) is 6.83. The SMILES string of the molecule is Cc1ccc(-n2c(C3CCN(C(=O)c4ccco4)CC3)n[nH]c2=O)cc1. The van der Waals surface area contributed by atoms with Crippen molar-refractivity contribution in [1.29, 1.82) is 0 Å². The number of amides is 1. The Morgan fingerprint density at radius 2 is 1.92 bits per heavy atom. The van der Waals surface area contributed by atoms with Crippen LogP contribution in [-0.2, 0) is 0 Å². The van der Waals surface area contributed by atoms with Gasteiger partial charge in [-0.25, -0.2) is 14.5 Å². The zero-order valence-corrected chi connectivity index (χ0v) is 14.5. The Morgan fingerprint density at radius 3 is 2.58 bits per heavy atom. The maximum absolute atomic E-state index is 12.4. The molecule has 3 aromatic rings. The molecule has 7 nitrogen and oxygen atoms in total. The number of benzene rings is 1. The van der Waals surface area contributed by atoms with E-state index in [9.17, 15) is 9.59 Å². The quantitative estimate of drug-likeness (QED) is 0.785. The lowest BCUT2D eigenvalue weighted by molar-refractivity contribution is 0.0678. The molecule has 1 aliphatic rings. The van der Waals surface area contributed by atoms with E-state index in [0.29, 0.717) is 18.8 Å². The van der Waals surface area contributed by atoms with Crippen LogP contribution in [0.2, 0.25) is 0 Å². The fraction of sp³-hybridized carbons (Fsp3) is 0.316. The molecule has 134 valence electrons. The van der Waals surface area contributed by atoms with Crippen molar-refractivity contribution in [3.63, 3.8) is 0 Å². The third kappa shape index (κ3) is 2.96. The number of nitrogens with one attached hydrogen (secondary N) is 1. The van der Waals surface area contributed by atoms with Gasteiger partial charge in [0, 0.05) is 19.0 Å². The molecule has 0 aliphatic carbocycles. The van der Waals surface area contributed by atoms with Gasteiger partial charge in [0.2, 0.25) is 0 Å². The molecule has 4 rings (SSSR count). The molecule has 1 amide bonds. The lowest BCUT2D eigenvalue weighted by Crippen LogP contribution is -2.38. The fourth-order valence-corrected chi connectivity index (χ4v) is 3.42. The minimum absolute atomic E-state index is 0.0913. The molecule has 1 aromatic carbocycles. The van der Waals surface area contributed by atoms with Gasteiger partial charge in [-0.3, -0.25) is 4.79 Å². The number of hydrogen-bond acceptors (Lipinski definition) is 4. The molecule has 26 heavy (non-hydrogen) atoms. The van der Waals surface area contributed by atoms with Crippen LogP contribution < -0.4 is 5.69 Å². The standard InChI is InChI=1S/C19H20N4O3/c1-13-4-6-15(7-5-13)23-17(20-21-19(23)25)14-8-10-22(11-9-14)18(24)16-3-2-12-26-16/h2-7,12,14H,8-11H2,1H3,(H,21,25). The van der Waals surface area contributed by atoms with Crippen molar-refractivity contribution in [3.05, 3.63) is 70.3 Å². The van der Waals surface area contributed by atoms with Crippen molar-refractivity contribution < 1.29 is 9.21 Å². The van der Waals surface area contributed by atoms with E-state index in [1.807, 2.05) is 31.2 Å². The Kier molecular flexibility index (Phi) is 4.20. The molecule has 0 saturated carbocycles. The van der Waals surface area contributed by atoms with Gasteiger partial charge in [-0.2, -0.15) is 5.10 Å². The predicted octanol–water partition coefficient (Wildman–Crippen LogP) is 2.48. The fourth-order valence-electron chi connectivity index (χ4n) is 3.42. The van der Waals surface area contributed by atoms with E-state index in [1.165, 1.54) is 6.26 Å². The van der Waals surface area contributed by atoms with Crippen molar-refractivity contribution in [1.82, 2.24) is 19.7 Å². The number of hydrogen-bond donors (Lipinski definition) is 1. The van der Waals surface area contributed by atoms with Gasteiger partial charge in [0.1, 0.15) is 5.82 Å². The number of aryl methyl sites for hydroxylation is 1. The molecule has 1 fully saturated rings. The Balaban J connectivity index is 1.53. The molecule has 1 aliphatic heterocycles. The average Bonchev–Trinajstić information content (AvgIpc) is 3.32. The number of furan rings is 1. The maximum Gasteiger partial charge on any atom is 0.347 e. The van der Waals surface area contributed by atoms with Crippen LogP contribution in [0, 0.1) is 6.92 Å². The van der Waals surface area contributed by atoms with Crippen molar-refractivity contribution in [2.45, 2.75) is 25.7 Å². The minimum Gasteiger partial charge on any atom is -0.459 e. The van der Waals surface area contributed by atoms with Crippen LogP contribution in [0.4, 0.5) is 0 Å². The van der Waals surface area contributed by atoms with Crippen LogP contribution in [0.3, 0.4) is 0 Å². The molecule has 7 heteroatoms. The van der Waals surface area contributed by atoms with Gasteiger partial charge in [-0.05, 0) is 44.0 Å². The van der Waals surface area contributed by atoms with E-state index in [2.05, 4.69) is 10.2 Å². The minimum atomic E-state index is -0.238. The van der Waals surface area contributed by atoms with Gasteiger partial charge in [0.05, 0.1) is 12.0 Å². The van der Waals surface area contributed by atoms with E-state index in [0.717, 1.165) is 29.9 Å². The Hall–Kier alpha value is -3.09. The van der Waals surface area contributed by atoms with Crippen LogP contribution in [0.5, 0.6) is 0 Å². The summed E-state index contributed by atoms with van der Waals surface area (Å²) in [6.07, 6.45) is 3.01. The number of aromatic nitrogens is 3. The first kappa shape index (κ1) is 16.4. The second-order valence-electron chi connectivity index (χ2n) is 6.60. The summed E-state index contributed by atoms with van der Waals surface area (Å²) in [6, 6.07) is 11.2. The number of carbonyl (C=O) groups is 1. The zero-order valence-electron chi connectivity index (χ0n) is 14.5. The van der Waals surface area contributed by atoms with E-state index < -0.39 is 0 Å². The number of H-pyrrole nitrogens is 1. The molecule has 1 N–H and O–H groups in total. The van der Waals surface area contributed by atoms with Crippen molar-refractivity contribution in [2.24, 2.45) is 0 Å². The van der Waals surface area contributed by atoms with Gasteiger partial charge < -0.3 is 9.32 Å². The van der Waals surface area contributed by atoms with Crippen molar-refractivity contribution >= 4 is 5.91 Å². The van der Waals surface area contributed by atoms with Crippen LogP contribution in [0.1, 0.15) is 40.7 Å². The smallest absolute Gasteiger partial charge is 0.347 e. The van der Waals surface area contributed by atoms with Gasteiger partial charge in [-0.15, -0.1) is 0 Å². The highest BCUT2D eigenvalue weighted by atomic mass is 16.3. The average molecular weight is 352 g/mol. The molecular formula is C19H20N4O3. The Bertz CT molecular complexity index is 946. The highest BCUT2D eigenvalue weighted by Crippen LogP contribution is 2.28. The van der Waals surface area contributed by atoms with Crippen LogP contribution >= 0.6 is 0 Å². The number of aromatic amines is 1. The molecule has 0 radical (unpaired) electrons. The van der Waals surface area contributed by atoms with E-state index in [1.54, 1.807) is 21.6 Å². The Morgan fingerprint density at radius 1 is 1.19 bits per heavy atom. The largest absolute Gasteiger partial charge is 0.459 e. The summed E-state index contributed by atoms with van der Waals surface area (Å²) in [4.78, 5) is 26.4. The number of piperidine rings is 1. The monoisotopic (exact) mass is 352 g/mol. The molecular weight excluding hydrogens is 332 g/mol. The van der Waals surface area contributed by atoms with Crippen molar-refractivity contribution in [2.75, 3.05) is 13.1 Å². The summed E-state index contributed by atoms with van der Waals surface area (Å²) >= 11 is 0. The topological polar surface area (TPSA) is 84.1 Å². The summed E-state index contributed by atoms with van der Waals surface area (Å²) < 4.78 is 6.83. The highest BCUT2D eigenvalue weighted by molar-refractivity contribution is 5.91. The lowest BCUT2D eigenvalue weighted by atomic mass is 9.95. The summed E-state index contributed by atoms with van der Waals surface area (Å²) in [7, 11) is 0. The van der Waals surface area contributed by atoms with E-state index in [-0.39, 0.29) is 17.5 Å². The van der Waals surface area contributed by atoms with Gasteiger partial charge in [0.15, 0.2) is 5.76 Å². The first-order valence-electron chi connectivity index (χ1n) is 8.70. The second-order valence-corrected chi connectivity index (χ2v) is 6.60. The number of rotatable bonds is 3. The molecule has 0 bridgehead atoms. The molecule has 3 heterocycles.